The second kappa shape index (κ2) is 5.29. The topological polar surface area (TPSA) is 41.1 Å². The lowest BCUT2D eigenvalue weighted by Gasteiger charge is -2.07. The van der Waals surface area contributed by atoms with Crippen molar-refractivity contribution in [3.63, 3.8) is 0 Å². The molecule has 0 spiro atoms. The zero-order valence-electron chi connectivity index (χ0n) is 8.54. The van der Waals surface area contributed by atoms with Crippen molar-refractivity contribution in [1.29, 1.82) is 0 Å². The summed E-state index contributed by atoms with van der Waals surface area (Å²) in [6.07, 6.45) is 0. The minimum absolute atomic E-state index is 0.141. The lowest BCUT2D eigenvalue weighted by atomic mass is 10.3. The normalized spacial score (nSPS) is 10.0. The Hall–Kier alpha value is -1.40. The van der Waals surface area contributed by atoms with Gasteiger partial charge in [-0.3, -0.25) is 5.32 Å². The molecule has 0 radical (unpaired) electrons. The van der Waals surface area contributed by atoms with Crippen LogP contribution in [0.2, 0.25) is 0 Å². The van der Waals surface area contributed by atoms with E-state index in [1.54, 1.807) is 12.1 Å². The van der Waals surface area contributed by atoms with E-state index in [9.17, 15) is 9.18 Å². The monoisotopic (exact) mass is 314 g/mol. The summed E-state index contributed by atoms with van der Waals surface area (Å²) in [4.78, 5) is 11.5. The minimum atomic E-state index is -0.485. The number of nitrogens with one attached hydrogen (secondary N) is 2. The van der Waals surface area contributed by atoms with E-state index < -0.39 is 11.8 Å². The standard InChI is InChI=1S/C11H8BrFN2OS/c12-7-3-4-9(8(13)6-7)14-11(16)15-10-2-1-5-17-10/h1-6H,(H2,14,15,16). The third-order valence-corrected chi connectivity index (χ3v) is 3.22. The van der Waals surface area contributed by atoms with Crippen molar-refractivity contribution in [1.82, 2.24) is 0 Å². The molecule has 0 aliphatic heterocycles. The van der Waals surface area contributed by atoms with E-state index in [1.165, 1.54) is 23.5 Å². The Morgan fingerprint density at radius 1 is 1.29 bits per heavy atom. The van der Waals surface area contributed by atoms with Gasteiger partial charge in [0.1, 0.15) is 5.82 Å². The Morgan fingerprint density at radius 2 is 2.12 bits per heavy atom. The van der Waals surface area contributed by atoms with Crippen LogP contribution < -0.4 is 10.6 Å². The molecule has 0 fully saturated rings. The van der Waals surface area contributed by atoms with Crippen molar-refractivity contribution in [3.8, 4) is 0 Å². The molecule has 2 amide bonds. The zero-order chi connectivity index (χ0) is 12.3. The van der Waals surface area contributed by atoms with Crippen LogP contribution in [-0.4, -0.2) is 6.03 Å². The molecule has 2 aromatic rings. The summed E-state index contributed by atoms with van der Waals surface area (Å²) in [5, 5.41) is 7.59. The SMILES string of the molecule is O=C(Nc1cccs1)Nc1ccc(Br)cc1F. The van der Waals surface area contributed by atoms with E-state index >= 15 is 0 Å². The van der Waals surface area contributed by atoms with Gasteiger partial charge >= 0.3 is 6.03 Å². The van der Waals surface area contributed by atoms with Crippen molar-refractivity contribution in [2.24, 2.45) is 0 Å². The molecule has 0 aliphatic carbocycles. The molecule has 0 unspecified atom stereocenters. The smallest absolute Gasteiger partial charge is 0.305 e. The van der Waals surface area contributed by atoms with Gasteiger partial charge in [0.2, 0.25) is 0 Å². The fourth-order valence-electron chi connectivity index (χ4n) is 1.21. The van der Waals surface area contributed by atoms with Gasteiger partial charge in [-0.2, -0.15) is 0 Å². The fraction of sp³-hybridized carbons (Fsp3) is 0. The summed E-state index contributed by atoms with van der Waals surface area (Å²) in [7, 11) is 0. The highest BCUT2D eigenvalue weighted by atomic mass is 79.9. The first-order valence-corrected chi connectivity index (χ1v) is 6.39. The van der Waals surface area contributed by atoms with Gasteiger partial charge in [-0.1, -0.05) is 15.9 Å². The maximum Gasteiger partial charge on any atom is 0.324 e. The van der Waals surface area contributed by atoms with E-state index in [1.807, 2.05) is 11.4 Å². The number of benzene rings is 1. The van der Waals surface area contributed by atoms with Crippen molar-refractivity contribution in [2.45, 2.75) is 0 Å². The molecule has 2 rings (SSSR count). The Kier molecular flexibility index (Phi) is 3.75. The second-order valence-corrected chi connectivity index (χ2v) is 5.04. The summed E-state index contributed by atoms with van der Waals surface area (Å²) >= 11 is 4.54. The van der Waals surface area contributed by atoms with E-state index in [2.05, 4.69) is 26.6 Å². The maximum absolute atomic E-state index is 13.4. The summed E-state index contributed by atoms with van der Waals surface area (Å²) in [5.74, 6) is -0.485. The van der Waals surface area contributed by atoms with Crippen LogP contribution in [0.3, 0.4) is 0 Å². The number of anilines is 2. The van der Waals surface area contributed by atoms with E-state index in [0.717, 1.165) is 0 Å². The van der Waals surface area contributed by atoms with Crippen molar-refractivity contribution in [3.05, 3.63) is 46.0 Å². The number of rotatable bonds is 2. The predicted octanol–water partition coefficient (Wildman–Crippen LogP) is 4.29. The second-order valence-electron chi connectivity index (χ2n) is 3.18. The molecule has 1 heterocycles. The van der Waals surface area contributed by atoms with Crippen molar-refractivity contribution >= 4 is 44.0 Å². The molecule has 88 valence electrons. The average Bonchev–Trinajstić information content (AvgIpc) is 2.75. The molecule has 0 aliphatic rings. The zero-order valence-corrected chi connectivity index (χ0v) is 10.9. The average molecular weight is 315 g/mol. The number of thiophene rings is 1. The molecule has 0 saturated heterocycles. The van der Waals surface area contributed by atoms with Crippen molar-refractivity contribution in [2.75, 3.05) is 10.6 Å². The number of carbonyl (C=O) groups excluding carboxylic acids is 1. The van der Waals surface area contributed by atoms with Crippen LogP contribution in [0.15, 0.2) is 40.2 Å². The van der Waals surface area contributed by atoms with Gasteiger partial charge in [0, 0.05) is 4.47 Å². The van der Waals surface area contributed by atoms with Gasteiger partial charge in [-0.25, -0.2) is 9.18 Å². The van der Waals surface area contributed by atoms with Crippen LogP contribution in [0.4, 0.5) is 19.9 Å². The van der Waals surface area contributed by atoms with E-state index in [0.29, 0.717) is 9.47 Å². The quantitative estimate of drug-likeness (QED) is 0.852. The number of amides is 2. The highest BCUT2D eigenvalue weighted by Crippen LogP contribution is 2.20. The van der Waals surface area contributed by atoms with Gasteiger partial charge in [-0.15, -0.1) is 11.3 Å². The highest BCUT2D eigenvalue weighted by Gasteiger charge is 2.07. The third kappa shape index (κ3) is 3.28. The van der Waals surface area contributed by atoms with Gasteiger partial charge in [0.15, 0.2) is 0 Å². The van der Waals surface area contributed by atoms with E-state index in [-0.39, 0.29) is 5.69 Å². The van der Waals surface area contributed by atoms with Crippen LogP contribution in [0.25, 0.3) is 0 Å². The molecule has 0 bridgehead atoms. The predicted molar refractivity (Wildman–Crippen MR) is 71.1 cm³/mol. The molecule has 1 aromatic carbocycles. The lowest BCUT2D eigenvalue weighted by molar-refractivity contribution is 0.262. The number of hydrogen-bond acceptors (Lipinski definition) is 2. The number of halogens is 2. The molecule has 3 nitrogen and oxygen atoms in total. The first-order valence-electron chi connectivity index (χ1n) is 4.72. The Bertz CT molecular complexity index is 530. The first-order chi connectivity index (χ1) is 8.15. The maximum atomic E-state index is 13.4. The molecule has 1 aromatic heterocycles. The molecule has 17 heavy (non-hydrogen) atoms. The Balaban J connectivity index is 2.03. The minimum Gasteiger partial charge on any atom is -0.305 e. The number of urea groups is 1. The summed E-state index contributed by atoms with van der Waals surface area (Å²) in [5.41, 5.74) is 0.141. The molecule has 0 saturated carbocycles. The summed E-state index contributed by atoms with van der Waals surface area (Å²) in [6, 6.07) is 7.56. The lowest BCUT2D eigenvalue weighted by Crippen LogP contribution is -2.19. The van der Waals surface area contributed by atoms with Gasteiger partial charge < -0.3 is 5.32 Å². The van der Waals surface area contributed by atoms with Crippen LogP contribution >= 0.6 is 27.3 Å². The Labute approximate surface area is 110 Å². The molecule has 6 heteroatoms. The highest BCUT2D eigenvalue weighted by molar-refractivity contribution is 9.10. The van der Waals surface area contributed by atoms with Gasteiger partial charge in [0.05, 0.1) is 10.7 Å². The molecule has 0 atom stereocenters. The number of hydrogen-bond donors (Lipinski definition) is 2. The third-order valence-electron chi connectivity index (χ3n) is 1.94. The van der Waals surface area contributed by atoms with Gasteiger partial charge in [0.25, 0.3) is 0 Å². The molecular weight excluding hydrogens is 307 g/mol. The summed E-state index contributed by atoms with van der Waals surface area (Å²) < 4.78 is 14.0. The van der Waals surface area contributed by atoms with E-state index in [4.69, 9.17) is 0 Å². The number of carbonyl (C=O) groups is 1. The van der Waals surface area contributed by atoms with Crippen LogP contribution in [0.1, 0.15) is 0 Å². The van der Waals surface area contributed by atoms with Crippen molar-refractivity contribution < 1.29 is 9.18 Å². The van der Waals surface area contributed by atoms with Crippen LogP contribution in [-0.2, 0) is 0 Å². The molecule has 2 N–H and O–H groups in total. The summed E-state index contributed by atoms with van der Waals surface area (Å²) in [6.45, 7) is 0. The fourth-order valence-corrected chi connectivity index (χ4v) is 2.15. The van der Waals surface area contributed by atoms with Crippen LogP contribution in [0, 0.1) is 5.82 Å². The molecular formula is C11H8BrFN2OS. The van der Waals surface area contributed by atoms with Crippen LogP contribution in [0.5, 0.6) is 0 Å². The van der Waals surface area contributed by atoms with Gasteiger partial charge in [-0.05, 0) is 35.7 Å². The first kappa shape index (κ1) is 12.1. The Morgan fingerprint density at radius 3 is 2.76 bits per heavy atom. The largest absolute Gasteiger partial charge is 0.324 e.